The normalized spacial score (nSPS) is 16.0. The number of carbonyl (C=O) groups excluding carboxylic acids is 2. The average Bonchev–Trinajstić information content (AvgIpc) is 3.30. The van der Waals surface area contributed by atoms with Gasteiger partial charge >= 0.3 is 0 Å². The first-order chi connectivity index (χ1) is 17.4. The van der Waals surface area contributed by atoms with Gasteiger partial charge in [-0.15, -0.1) is 5.10 Å². The summed E-state index contributed by atoms with van der Waals surface area (Å²) in [5, 5.41) is 58.1. The molecule has 0 bridgehead atoms. The highest BCUT2D eigenvalue weighted by atomic mass is 16.4. The maximum atomic E-state index is 13.1. The molecule has 0 fully saturated rings. The Morgan fingerprint density at radius 3 is 2.36 bits per heavy atom. The minimum Gasteiger partial charge on any atom is -0.394 e. The fourth-order valence-electron chi connectivity index (χ4n) is 4.33. The average molecular weight is 497 g/mol. The number of rotatable bonds is 9. The Kier molecular flexibility index (Phi) is 7.87. The van der Waals surface area contributed by atoms with Gasteiger partial charge in [0.15, 0.2) is 0 Å². The summed E-state index contributed by atoms with van der Waals surface area (Å²) in [7, 11) is 0. The number of aliphatic hydroxyl groups is 5. The molecule has 0 saturated heterocycles. The Labute approximate surface area is 206 Å². The van der Waals surface area contributed by atoms with Crippen LogP contribution in [0.5, 0.6) is 0 Å². The van der Waals surface area contributed by atoms with Crippen molar-refractivity contribution in [1.82, 2.24) is 15.0 Å². The largest absolute Gasteiger partial charge is 0.394 e. The minimum absolute atomic E-state index is 0.0612. The van der Waals surface area contributed by atoms with Crippen molar-refractivity contribution in [3.63, 3.8) is 0 Å². The number of nitrogens with zero attached hydrogens (tertiary/aromatic N) is 4. The number of carbonyl (C=O) groups is 2. The number of anilines is 1. The SMILES string of the molecule is O=CCCC(=O)N1Cc2ccccc2-c2c(nnn2C[C@H](O)[C@@H](O)[C@@H](O)[C@H](O)CO)-c2ccccc21. The topological polar surface area (TPSA) is 169 Å². The van der Waals surface area contributed by atoms with Crippen LogP contribution in [-0.4, -0.2) is 83.7 Å². The van der Waals surface area contributed by atoms with E-state index in [2.05, 4.69) is 10.3 Å². The van der Waals surface area contributed by atoms with Crippen molar-refractivity contribution >= 4 is 17.9 Å². The summed E-state index contributed by atoms with van der Waals surface area (Å²) >= 11 is 0. The van der Waals surface area contributed by atoms with Crippen LogP contribution in [0.15, 0.2) is 48.5 Å². The highest BCUT2D eigenvalue weighted by Crippen LogP contribution is 2.41. The molecule has 2 aromatic carbocycles. The summed E-state index contributed by atoms with van der Waals surface area (Å²) in [5.41, 5.74) is 3.70. The van der Waals surface area contributed by atoms with Crippen molar-refractivity contribution < 1.29 is 35.1 Å². The third kappa shape index (κ3) is 4.92. The van der Waals surface area contributed by atoms with E-state index in [-0.39, 0.29) is 31.8 Å². The number of para-hydroxylation sites is 1. The molecule has 0 spiro atoms. The zero-order valence-corrected chi connectivity index (χ0v) is 19.4. The second-order valence-corrected chi connectivity index (χ2v) is 8.63. The molecule has 1 aliphatic heterocycles. The van der Waals surface area contributed by atoms with Crippen LogP contribution >= 0.6 is 0 Å². The predicted molar refractivity (Wildman–Crippen MR) is 128 cm³/mol. The van der Waals surface area contributed by atoms with Crippen LogP contribution in [0.25, 0.3) is 22.5 Å². The first-order valence-electron chi connectivity index (χ1n) is 11.6. The molecule has 2 heterocycles. The van der Waals surface area contributed by atoms with E-state index in [1.54, 1.807) is 29.2 Å². The smallest absolute Gasteiger partial charge is 0.227 e. The second-order valence-electron chi connectivity index (χ2n) is 8.63. The van der Waals surface area contributed by atoms with Gasteiger partial charge in [0.05, 0.1) is 31.1 Å². The molecule has 1 amide bonds. The molecule has 0 radical (unpaired) electrons. The monoisotopic (exact) mass is 496 g/mol. The van der Waals surface area contributed by atoms with Crippen molar-refractivity contribution in [3.8, 4) is 22.5 Å². The molecule has 4 atom stereocenters. The molecule has 5 N–H and O–H groups in total. The highest BCUT2D eigenvalue weighted by Gasteiger charge is 2.33. The third-order valence-electron chi connectivity index (χ3n) is 6.25. The van der Waals surface area contributed by atoms with Crippen molar-refractivity contribution in [2.24, 2.45) is 0 Å². The van der Waals surface area contributed by atoms with Gasteiger partial charge in [0, 0.05) is 24.0 Å². The van der Waals surface area contributed by atoms with Gasteiger partial charge in [0.2, 0.25) is 5.91 Å². The quantitative estimate of drug-likeness (QED) is 0.253. The van der Waals surface area contributed by atoms with E-state index in [0.717, 1.165) is 5.56 Å². The molecule has 4 rings (SSSR count). The number of hydrogen-bond donors (Lipinski definition) is 5. The van der Waals surface area contributed by atoms with Gasteiger partial charge in [-0.1, -0.05) is 47.7 Å². The number of hydrogen-bond acceptors (Lipinski definition) is 9. The Morgan fingerprint density at radius 2 is 1.64 bits per heavy atom. The molecule has 0 unspecified atom stereocenters. The van der Waals surface area contributed by atoms with Crippen molar-refractivity contribution in [2.75, 3.05) is 11.5 Å². The summed E-state index contributed by atoms with van der Waals surface area (Å²) < 4.78 is 1.40. The lowest BCUT2D eigenvalue weighted by Crippen LogP contribution is -2.47. The van der Waals surface area contributed by atoms with Crippen LogP contribution < -0.4 is 4.90 Å². The number of aromatic nitrogens is 3. The molecule has 3 aromatic rings. The molecular formula is C25H28N4O7. The number of fused-ring (bicyclic) bond motifs is 5. The van der Waals surface area contributed by atoms with E-state index in [1.807, 2.05) is 24.3 Å². The van der Waals surface area contributed by atoms with Crippen LogP contribution in [0.2, 0.25) is 0 Å². The number of aldehydes is 1. The van der Waals surface area contributed by atoms with E-state index in [4.69, 9.17) is 5.11 Å². The summed E-state index contributed by atoms with van der Waals surface area (Å²) in [4.78, 5) is 25.6. The predicted octanol–water partition coefficient (Wildman–Crippen LogP) is -0.126. The van der Waals surface area contributed by atoms with E-state index in [1.165, 1.54) is 4.68 Å². The third-order valence-corrected chi connectivity index (χ3v) is 6.25. The highest BCUT2D eigenvalue weighted by molar-refractivity contribution is 6.00. The molecule has 11 heteroatoms. The van der Waals surface area contributed by atoms with Crippen LogP contribution in [0.1, 0.15) is 18.4 Å². The lowest BCUT2D eigenvalue weighted by Gasteiger charge is -2.29. The molecule has 0 saturated carbocycles. The molecule has 0 aliphatic carbocycles. The maximum absolute atomic E-state index is 13.1. The number of benzene rings is 2. The van der Waals surface area contributed by atoms with Gasteiger partial charge in [-0.2, -0.15) is 0 Å². The zero-order chi connectivity index (χ0) is 25.8. The summed E-state index contributed by atoms with van der Waals surface area (Å²) in [6, 6.07) is 14.5. The molecule has 1 aliphatic rings. The molecule has 11 nitrogen and oxygen atoms in total. The van der Waals surface area contributed by atoms with Crippen LogP contribution in [0.4, 0.5) is 5.69 Å². The fraction of sp³-hybridized carbons (Fsp3) is 0.360. The Hall–Kier alpha value is -3.48. The van der Waals surface area contributed by atoms with Crippen molar-refractivity contribution in [3.05, 3.63) is 54.1 Å². The van der Waals surface area contributed by atoms with Gasteiger partial charge in [-0.05, 0) is 11.6 Å². The first-order valence-corrected chi connectivity index (χ1v) is 11.6. The van der Waals surface area contributed by atoms with E-state index in [0.29, 0.717) is 34.5 Å². The summed E-state index contributed by atoms with van der Waals surface area (Å²) in [6.45, 7) is -0.824. The standard InChI is InChI=1S/C25H28N4O7/c30-11-5-10-21(34)28-12-15-6-1-2-7-16(15)23-22(17-8-3-4-9-18(17)28)26-27-29(23)13-19(32)24(35)25(36)20(33)14-31/h1-4,6-9,11,19-20,24-25,31-33,35-36H,5,10,12-14H2/t19-,20+,24+,25-/m0/s1. The second kappa shape index (κ2) is 11.1. The zero-order valence-electron chi connectivity index (χ0n) is 19.4. The van der Waals surface area contributed by atoms with Gasteiger partial charge in [-0.3, -0.25) is 4.79 Å². The van der Waals surface area contributed by atoms with Gasteiger partial charge in [0.25, 0.3) is 0 Å². The minimum atomic E-state index is -1.77. The van der Waals surface area contributed by atoms with Crippen LogP contribution in [0, 0.1) is 0 Å². The Balaban J connectivity index is 1.80. The van der Waals surface area contributed by atoms with Crippen molar-refractivity contribution in [1.29, 1.82) is 0 Å². The van der Waals surface area contributed by atoms with Crippen molar-refractivity contribution in [2.45, 2.75) is 50.3 Å². The van der Waals surface area contributed by atoms with Gasteiger partial charge < -0.3 is 35.2 Å². The molecule has 1 aromatic heterocycles. The first kappa shape index (κ1) is 25.6. The number of amides is 1. The maximum Gasteiger partial charge on any atom is 0.227 e. The summed E-state index contributed by atoms with van der Waals surface area (Å²) in [5.74, 6) is -0.213. The molecule has 36 heavy (non-hydrogen) atoms. The molecule has 190 valence electrons. The van der Waals surface area contributed by atoms with E-state index in [9.17, 15) is 30.0 Å². The Bertz CT molecular complexity index is 1230. The van der Waals surface area contributed by atoms with E-state index < -0.39 is 31.0 Å². The van der Waals surface area contributed by atoms with Gasteiger partial charge in [-0.25, -0.2) is 4.68 Å². The fourth-order valence-corrected chi connectivity index (χ4v) is 4.33. The van der Waals surface area contributed by atoms with Crippen LogP contribution in [0.3, 0.4) is 0 Å². The Morgan fingerprint density at radius 1 is 0.972 bits per heavy atom. The van der Waals surface area contributed by atoms with Crippen LogP contribution in [-0.2, 0) is 22.7 Å². The molecular weight excluding hydrogens is 468 g/mol. The lowest BCUT2D eigenvalue weighted by molar-refractivity contribution is -0.120. The van der Waals surface area contributed by atoms with E-state index >= 15 is 0 Å². The van der Waals surface area contributed by atoms with Gasteiger partial charge in [0.1, 0.15) is 36.4 Å². The lowest BCUT2D eigenvalue weighted by atomic mass is 9.95. The number of aliphatic hydroxyl groups excluding tert-OH is 5. The summed E-state index contributed by atoms with van der Waals surface area (Å²) in [6.07, 6.45) is -5.81.